The van der Waals surface area contributed by atoms with Gasteiger partial charge >= 0.3 is 0 Å². The van der Waals surface area contributed by atoms with Crippen LogP contribution in [0.5, 0.6) is 0 Å². The van der Waals surface area contributed by atoms with Crippen molar-refractivity contribution in [3.8, 4) is 0 Å². The molecule has 0 aromatic heterocycles. The Morgan fingerprint density at radius 2 is 1.33 bits per heavy atom. The van der Waals surface area contributed by atoms with Crippen LogP contribution in [0, 0.1) is 26.1 Å². The van der Waals surface area contributed by atoms with E-state index in [0.717, 1.165) is 0 Å². The van der Waals surface area contributed by atoms with Gasteiger partial charge in [0, 0.05) is 16.2 Å². The Hall–Kier alpha value is -0.910. The van der Waals surface area contributed by atoms with Crippen molar-refractivity contribution in [2.45, 2.75) is 19.0 Å². The predicted molar refractivity (Wildman–Crippen MR) is 42.5 cm³/mol. The Balaban J connectivity index is 0.000000561. The third-order valence-corrected chi connectivity index (χ3v) is 1.77. The summed E-state index contributed by atoms with van der Waals surface area (Å²) in [6, 6.07) is -1.90. The first-order valence-corrected chi connectivity index (χ1v) is 3.96. The number of nitro groups is 2. The first kappa shape index (κ1) is 11.1. The molecule has 0 saturated heterocycles. The van der Waals surface area contributed by atoms with Crippen LogP contribution in [0.25, 0.3) is 0 Å². The van der Waals surface area contributed by atoms with Gasteiger partial charge in [-0.15, -0.1) is 11.6 Å². The molecule has 0 aromatic rings. The van der Waals surface area contributed by atoms with Crippen molar-refractivity contribution in [1.82, 2.24) is 0 Å². The van der Waals surface area contributed by atoms with Crippen LogP contribution in [0.2, 0.25) is 0 Å². The van der Waals surface area contributed by atoms with E-state index in [4.69, 9.17) is 0 Å². The molecule has 70 valence electrons. The zero-order chi connectivity index (χ0) is 9.89. The van der Waals surface area contributed by atoms with Crippen LogP contribution < -0.4 is 0 Å². The maximum Gasteiger partial charge on any atom is 0.288 e. The van der Waals surface area contributed by atoms with E-state index in [9.17, 15) is 20.2 Å². The number of rotatable bonds is 2. The number of alkyl halides is 1. The Labute approximate surface area is 73.8 Å². The molecule has 0 bridgehead atoms. The molecule has 1 aliphatic carbocycles. The second-order valence-electron chi connectivity index (χ2n) is 2.41. The van der Waals surface area contributed by atoms with Crippen molar-refractivity contribution in [2.24, 2.45) is 5.92 Å². The molecule has 1 saturated carbocycles. The summed E-state index contributed by atoms with van der Waals surface area (Å²) in [6.07, 6.45) is 1.47. The molecule has 1 aliphatic rings. The molecular weight excluding hydrogens is 188 g/mol. The molecule has 2 unspecified atom stereocenters. The fourth-order valence-corrected chi connectivity index (χ4v) is 1.05. The third-order valence-electron chi connectivity index (χ3n) is 1.77. The van der Waals surface area contributed by atoms with Crippen molar-refractivity contribution >= 4 is 11.6 Å². The lowest BCUT2D eigenvalue weighted by Crippen LogP contribution is -2.12. The molecule has 0 radical (unpaired) electrons. The Bertz CT molecular complexity index is 178. The maximum atomic E-state index is 9.99. The zero-order valence-corrected chi connectivity index (χ0v) is 7.39. The van der Waals surface area contributed by atoms with Crippen LogP contribution in [0.4, 0.5) is 0 Å². The SMILES string of the molecule is CC1C([N+](=O)[O-])C1[N+](=O)[O-].CCl. The molecule has 0 aliphatic heterocycles. The van der Waals surface area contributed by atoms with Crippen molar-refractivity contribution in [1.29, 1.82) is 0 Å². The van der Waals surface area contributed by atoms with Crippen molar-refractivity contribution < 1.29 is 9.85 Å². The molecule has 12 heavy (non-hydrogen) atoms. The molecule has 0 N–H and O–H groups in total. The fraction of sp³-hybridized carbons (Fsp3) is 1.00. The zero-order valence-electron chi connectivity index (χ0n) is 6.64. The number of hydrogen-bond donors (Lipinski definition) is 0. The summed E-state index contributed by atoms with van der Waals surface area (Å²) >= 11 is 4.64. The highest BCUT2D eigenvalue weighted by molar-refractivity contribution is 6.15. The summed E-state index contributed by atoms with van der Waals surface area (Å²) in [6.45, 7) is 1.51. The van der Waals surface area contributed by atoms with Gasteiger partial charge in [-0.2, -0.15) is 0 Å². The summed E-state index contributed by atoms with van der Waals surface area (Å²) in [5.41, 5.74) is 0. The molecule has 0 amide bonds. The van der Waals surface area contributed by atoms with E-state index < -0.39 is 27.8 Å². The molecular formula is C5H9ClN2O4. The van der Waals surface area contributed by atoms with Crippen LogP contribution in [0.1, 0.15) is 6.92 Å². The largest absolute Gasteiger partial charge is 0.288 e. The van der Waals surface area contributed by atoms with Gasteiger partial charge in [0.25, 0.3) is 12.1 Å². The molecule has 6 nitrogen and oxygen atoms in total. The number of nitrogens with zero attached hydrogens (tertiary/aromatic N) is 2. The Morgan fingerprint density at radius 1 is 1.08 bits per heavy atom. The smallest absolute Gasteiger partial charge is 0.264 e. The quantitative estimate of drug-likeness (QED) is 0.371. The molecule has 2 atom stereocenters. The lowest BCUT2D eigenvalue weighted by molar-refractivity contribution is -0.558. The lowest BCUT2D eigenvalue weighted by atomic mass is 10.5. The van der Waals surface area contributed by atoms with Gasteiger partial charge in [-0.05, 0) is 6.92 Å². The third kappa shape index (κ3) is 2.04. The molecule has 0 aromatic carbocycles. The van der Waals surface area contributed by atoms with Gasteiger partial charge in [0.05, 0.1) is 0 Å². The summed E-state index contributed by atoms with van der Waals surface area (Å²) in [5, 5.41) is 20.0. The highest BCUT2D eigenvalue weighted by atomic mass is 35.5. The van der Waals surface area contributed by atoms with Gasteiger partial charge < -0.3 is 0 Å². The van der Waals surface area contributed by atoms with E-state index in [1.807, 2.05) is 0 Å². The summed E-state index contributed by atoms with van der Waals surface area (Å²) < 4.78 is 0. The highest BCUT2D eigenvalue weighted by Crippen LogP contribution is 2.35. The van der Waals surface area contributed by atoms with Gasteiger partial charge in [0.2, 0.25) is 0 Å². The Kier molecular flexibility index (Phi) is 3.88. The minimum atomic E-state index is -0.949. The fourth-order valence-electron chi connectivity index (χ4n) is 1.05. The second-order valence-corrected chi connectivity index (χ2v) is 2.41. The number of halogens is 1. The monoisotopic (exact) mass is 196 g/mol. The van der Waals surface area contributed by atoms with Gasteiger partial charge in [0.1, 0.15) is 5.92 Å². The average Bonchev–Trinajstić information content (AvgIpc) is 2.66. The highest BCUT2D eigenvalue weighted by Gasteiger charge is 2.67. The summed E-state index contributed by atoms with van der Waals surface area (Å²) in [7, 11) is 0. The summed E-state index contributed by atoms with van der Waals surface area (Å²) in [4.78, 5) is 18.8. The van der Waals surface area contributed by atoms with Crippen molar-refractivity contribution in [2.75, 3.05) is 6.38 Å². The van der Waals surface area contributed by atoms with E-state index in [1.165, 1.54) is 13.3 Å². The van der Waals surface area contributed by atoms with Gasteiger partial charge in [-0.3, -0.25) is 20.2 Å². The standard InChI is InChI=1S/C4H6N2O4.CH3Cl/c1-2-3(5(7)8)4(2)6(9)10;1-2/h2-4H,1H3;1H3. The first-order valence-electron chi connectivity index (χ1n) is 3.20. The van der Waals surface area contributed by atoms with Crippen LogP contribution in [-0.4, -0.2) is 28.3 Å². The van der Waals surface area contributed by atoms with E-state index in [0.29, 0.717) is 0 Å². The second kappa shape index (κ2) is 4.20. The van der Waals surface area contributed by atoms with E-state index >= 15 is 0 Å². The maximum absolute atomic E-state index is 9.99. The molecule has 0 heterocycles. The van der Waals surface area contributed by atoms with Gasteiger partial charge in [0.15, 0.2) is 0 Å². The van der Waals surface area contributed by atoms with Gasteiger partial charge in [-0.25, -0.2) is 0 Å². The van der Waals surface area contributed by atoms with Crippen LogP contribution >= 0.6 is 11.6 Å². The van der Waals surface area contributed by atoms with Crippen LogP contribution in [0.15, 0.2) is 0 Å². The molecule has 1 rings (SSSR count). The van der Waals surface area contributed by atoms with Crippen LogP contribution in [-0.2, 0) is 0 Å². The normalized spacial score (nSPS) is 31.4. The average molecular weight is 197 g/mol. The van der Waals surface area contributed by atoms with E-state index in [-0.39, 0.29) is 0 Å². The predicted octanol–water partition coefficient (Wildman–Crippen LogP) is 0.782. The van der Waals surface area contributed by atoms with E-state index in [2.05, 4.69) is 11.6 Å². The minimum Gasteiger partial charge on any atom is -0.264 e. The minimum absolute atomic E-state index is 0.398. The van der Waals surface area contributed by atoms with Crippen LogP contribution in [0.3, 0.4) is 0 Å². The molecule has 7 heteroatoms. The lowest BCUT2D eigenvalue weighted by Gasteiger charge is -1.83. The van der Waals surface area contributed by atoms with Crippen molar-refractivity contribution in [3.63, 3.8) is 0 Å². The first-order chi connectivity index (χ1) is 5.55. The van der Waals surface area contributed by atoms with Gasteiger partial charge in [-0.1, -0.05) is 0 Å². The summed E-state index contributed by atoms with van der Waals surface area (Å²) in [5.74, 6) is -0.398. The molecule has 1 fully saturated rings. The van der Waals surface area contributed by atoms with E-state index in [1.54, 1.807) is 0 Å². The number of hydrogen-bond acceptors (Lipinski definition) is 4. The van der Waals surface area contributed by atoms with Crippen molar-refractivity contribution in [3.05, 3.63) is 20.2 Å². The Morgan fingerprint density at radius 3 is 1.42 bits per heavy atom. The molecule has 0 spiro atoms. The topological polar surface area (TPSA) is 86.3 Å².